The molecule has 6 heteroatoms. The van der Waals surface area contributed by atoms with Crippen LogP contribution in [-0.4, -0.2) is 28.2 Å². The monoisotopic (exact) mass is 299 g/mol. The molecule has 2 aromatic heterocycles. The van der Waals surface area contributed by atoms with Crippen LogP contribution in [0, 0.1) is 6.42 Å². The fraction of sp³-hybridized carbons (Fsp3) is 0.375. The summed E-state index contributed by atoms with van der Waals surface area (Å²) in [6.45, 7) is 0. The quantitative estimate of drug-likeness (QED) is 0.889. The summed E-state index contributed by atoms with van der Waals surface area (Å²) in [6, 6.07) is 5.49. The summed E-state index contributed by atoms with van der Waals surface area (Å²) in [4.78, 5) is 16.2. The number of methoxy groups -OCH3 is 1. The van der Waals surface area contributed by atoms with Crippen molar-refractivity contribution in [1.29, 1.82) is 0 Å². The standard InChI is InChI=1S/C16H19N4O2/c1-22-13-7-6-12(17-10-13)8-16(21)18-15-9-14(19-20-15)11-4-2-3-5-11/h2,6-7,9-11H,3-5,8H2,1H3,(H2,18,19,20,21)/t11-/m1/s1. The molecule has 0 aromatic carbocycles. The summed E-state index contributed by atoms with van der Waals surface area (Å²) in [7, 11) is 1.58. The first kappa shape index (κ1) is 14.6. The summed E-state index contributed by atoms with van der Waals surface area (Å²) >= 11 is 0. The summed E-state index contributed by atoms with van der Waals surface area (Å²) < 4.78 is 5.04. The second-order valence-electron chi connectivity index (χ2n) is 5.42. The lowest BCUT2D eigenvalue weighted by molar-refractivity contribution is -0.115. The van der Waals surface area contributed by atoms with Gasteiger partial charge in [0.15, 0.2) is 5.82 Å². The molecule has 0 unspecified atom stereocenters. The smallest absolute Gasteiger partial charge is 0.231 e. The van der Waals surface area contributed by atoms with Crippen molar-refractivity contribution in [2.24, 2.45) is 0 Å². The van der Waals surface area contributed by atoms with Crippen LogP contribution >= 0.6 is 0 Å². The first-order valence-corrected chi connectivity index (χ1v) is 7.40. The van der Waals surface area contributed by atoms with Crippen LogP contribution in [0.2, 0.25) is 0 Å². The van der Waals surface area contributed by atoms with Crippen LogP contribution in [0.5, 0.6) is 5.75 Å². The number of ether oxygens (including phenoxy) is 1. The van der Waals surface area contributed by atoms with Crippen LogP contribution < -0.4 is 10.1 Å². The molecule has 2 N–H and O–H groups in total. The molecule has 1 saturated carbocycles. The Kier molecular flexibility index (Phi) is 4.37. The van der Waals surface area contributed by atoms with Gasteiger partial charge in [0.05, 0.1) is 19.7 Å². The van der Waals surface area contributed by atoms with Crippen LogP contribution in [-0.2, 0) is 11.2 Å². The highest BCUT2D eigenvalue weighted by molar-refractivity contribution is 5.91. The molecule has 2 heterocycles. The van der Waals surface area contributed by atoms with Crippen molar-refractivity contribution in [3.63, 3.8) is 0 Å². The van der Waals surface area contributed by atoms with Crippen LogP contribution in [0.25, 0.3) is 0 Å². The van der Waals surface area contributed by atoms with Gasteiger partial charge in [-0.15, -0.1) is 0 Å². The van der Waals surface area contributed by atoms with E-state index in [1.165, 1.54) is 0 Å². The van der Waals surface area contributed by atoms with Crippen LogP contribution in [0.1, 0.15) is 36.6 Å². The predicted octanol–water partition coefficient (Wildman–Crippen LogP) is 2.47. The number of H-pyrrole nitrogens is 1. The molecule has 115 valence electrons. The molecule has 0 aliphatic heterocycles. The van der Waals surface area contributed by atoms with Crippen molar-refractivity contribution in [2.45, 2.75) is 31.6 Å². The van der Waals surface area contributed by atoms with E-state index in [-0.39, 0.29) is 12.3 Å². The number of carbonyl (C=O) groups is 1. The summed E-state index contributed by atoms with van der Waals surface area (Å²) in [5.74, 6) is 1.62. The first-order chi connectivity index (χ1) is 10.7. The van der Waals surface area contributed by atoms with Crippen molar-refractivity contribution >= 4 is 11.7 Å². The molecular weight excluding hydrogens is 280 g/mol. The average molecular weight is 299 g/mol. The van der Waals surface area contributed by atoms with Gasteiger partial charge in [-0.1, -0.05) is 0 Å². The van der Waals surface area contributed by atoms with Crippen molar-refractivity contribution in [1.82, 2.24) is 15.2 Å². The van der Waals surface area contributed by atoms with Crippen LogP contribution in [0.15, 0.2) is 24.4 Å². The summed E-state index contributed by atoms with van der Waals surface area (Å²) in [5, 5.41) is 9.97. The number of hydrogen-bond acceptors (Lipinski definition) is 4. The van der Waals surface area contributed by atoms with Gasteiger partial charge in [-0.05, 0) is 37.8 Å². The highest BCUT2D eigenvalue weighted by atomic mass is 16.5. The predicted molar refractivity (Wildman–Crippen MR) is 82.6 cm³/mol. The molecule has 0 bridgehead atoms. The third kappa shape index (κ3) is 3.44. The third-order valence-electron chi connectivity index (χ3n) is 3.85. The van der Waals surface area contributed by atoms with E-state index in [0.717, 1.165) is 25.0 Å². The van der Waals surface area contributed by atoms with Gasteiger partial charge in [-0.3, -0.25) is 14.9 Å². The average Bonchev–Trinajstić information content (AvgIpc) is 3.19. The number of anilines is 1. The maximum atomic E-state index is 12.0. The molecule has 3 rings (SSSR count). The Morgan fingerprint density at radius 1 is 1.50 bits per heavy atom. The number of nitrogens with zero attached hydrogens (tertiary/aromatic N) is 2. The number of amides is 1. The molecular formula is C16H19N4O2. The molecule has 0 saturated heterocycles. The largest absolute Gasteiger partial charge is 0.495 e. The van der Waals surface area contributed by atoms with E-state index in [2.05, 4.69) is 26.9 Å². The number of carbonyl (C=O) groups excluding carboxylic acids is 1. The van der Waals surface area contributed by atoms with Crippen molar-refractivity contribution in [3.05, 3.63) is 42.2 Å². The van der Waals surface area contributed by atoms with Gasteiger partial charge in [0, 0.05) is 23.4 Å². The lowest BCUT2D eigenvalue weighted by Crippen LogP contribution is -2.15. The Hall–Kier alpha value is -2.37. The lowest BCUT2D eigenvalue weighted by atomic mass is 10.0. The molecule has 1 fully saturated rings. The van der Waals surface area contributed by atoms with E-state index >= 15 is 0 Å². The van der Waals surface area contributed by atoms with Gasteiger partial charge < -0.3 is 10.1 Å². The zero-order valence-corrected chi connectivity index (χ0v) is 12.5. The van der Waals surface area contributed by atoms with E-state index in [1.807, 2.05) is 6.07 Å². The summed E-state index contributed by atoms with van der Waals surface area (Å²) in [6.07, 6.45) is 7.47. The Morgan fingerprint density at radius 2 is 2.41 bits per heavy atom. The zero-order valence-electron chi connectivity index (χ0n) is 12.5. The fourth-order valence-corrected chi connectivity index (χ4v) is 2.64. The van der Waals surface area contributed by atoms with E-state index in [1.54, 1.807) is 25.4 Å². The molecule has 1 atom stereocenters. The Morgan fingerprint density at radius 3 is 3.09 bits per heavy atom. The van der Waals surface area contributed by atoms with Crippen molar-refractivity contribution in [2.75, 3.05) is 12.4 Å². The molecule has 2 aromatic rings. The summed E-state index contributed by atoms with van der Waals surface area (Å²) in [5.41, 5.74) is 1.78. The Bertz CT molecular complexity index is 630. The van der Waals surface area contributed by atoms with E-state index < -0.39 is 0 Å². The SMILES string of the molecule is COc1ccc(CC(=O)Nc2cc([C@@H]3C[CH]CC3)[nH]n2)nc1. The first-order valence-electron chi connectivity index (χ1n) is 7.40. The van der Waals surface area contributed by atoms with E-state index in [4.69, 9.17) is 4.74 Å². The number of aromatic nitrogens is 3. The highest BCUT2D eigenvalue weighted by Crippen LogP contribution is 2.32. The number of aromatic amines is 1. The second kappa shape index (κ2) is 6.60. The van der Waals surface area contributed by atoms with Crippen LogP contribution in [0.4, 0.5) is 5.82 Å². The van der Waals surface area contributed by atoms with Gasteiger partial charge >= 0.3 is 0 Å². The lowest BCUT2D eigenvalue weighted by Gasteiger charge is -2.04. The third-order valence-corrected chi connectivity index (χ3v) is 3.85. The topological polar surface area (TPSA) is 79.9 Å². The minimum atomic E-state index is -0.131. The van der Waals surface area contributed by atoms with E-state index in [9.17, 15) is 4.79 Å². The molecule has 1 aliphatic carbocycles. The highest BCUT2D eigenvalue weighted by Gasteiger charge is 2.19. The van der Waals surface area contributed by atoms with Crippen molar-refractivity contribution < 1.29 is 9.53 Å². The van der Waals surface area contributed by atoms with Gasteiger partial charge in [-0.25, -0.2) is 0 Å². The van der Waals surface area contributed by atoms with E-state index in [0.29, 0.717) is 23.2 Å². The molecule has 0 spiro atoms. The normalized spacial score (nSPS) is 15.0. The van der Waals surface area contributed by atoms with Gasteiger partial charge in [-0.2, -0.15) is 5.10 Å². The zero-order chi connectivity index (χ0) is 15.4. The number of nitrogens with one attached hydrogen (secondary N) is 2. The minimum absolute atomic E-state index is 0.131. The number of pyridine rings is 1. The van der Waals surface area contributed by atoms with Crippen molar-refractivity contribution in [3.8, 4) is 5.75 Å². The molecule has 6 nitrogen and oxygen atoms in total. The Labute approximate surface area is 129 Å². The molecule has 22 heavy (non-hydrogen) atoms. The van der Waals surface area contributed by atoms with Crippen LogP contribution in [0.3, 0.4) is 0 Å². The maximum absolute atomic E-state index is 12.0. The maximum Gasteiger partial charge on any atom is 0.231 e. The fourth-order valence-electron chi connectivity index (χ4n) is 2.64. The minimum Gasteiger partial charge on any atom is -0.495 e. The van der Waals surface area contributed by atoms with Gasteiger partial charge in [0.1, 0.15) is 5.75 Å². The number of rotatable bonds is 5. The Balaban J connectivity index is 1.56. The number of hydrogen-bond donors (Lipinski definition) is 2. The molecule has 1 radical (unpaired) electrons. The van der Waals surface area contributed by atoms with Gasteiger partial charge in [0.2, 0.25) is 5.91 Å². The van der Waals surface area contributed by atoms with Gasteiger partial charge in [0.25, 0.3) is 0 Å². The molecule has 1 aliphatic rings. The molecule has 1 amide bonds. The second-order valence-corrected chi connectivity index (χ2v) is 5.42.